The molecule has 1 saturated heterocycles. The van der Waals surface area contributed by atoms with Crippen LogP contribution in [0, 0.1) is 12.7 Å². The Balaban J connectivity index is 1.28. The maximum Gasteiger partial charge on any atom is 0.282 e. The average Bonchev–Trinajstić information content (AvgIpc) is 3.27. The number of aryl methyl sites for hydroxylation is 1. The van der Waals surface area contributed by atoms with Gasteiger partial charge in [0, 0.05) is 50.4 Å². The lowest BCUT2D eigenvalue weighted by molar-refractivity contribution is 0.0950. The number of carbonyl (C=O) groups excluding carboxylic acids is 1. The molecule has 1 N–H and O–H groups in total. The van der Waals surface area contributed by atoms with Gasteiger partial charge in [-0.2, -0.15) is 0 Å². The highest BCUT2D eigenvalue weighted by Gasteiger charge is 2.21. The number of nitrogens with zero attached hydrogens (tertiary/aromatic N) is 6. The van der Waals surface area contributed by atoms with Gasteiger partial charge in [0.25, 0.3) is 5.91 Å². The summed E-state index contributed by atoms with van der Waals surface area (Å²) in [6, 6.07) is 8.09. The molecule has 2 aromatic heterocycles. The minimum atomic E-state index is -0.299. The van der Waals surface area contributed by atoms with Crippen molar-refractivity contribution < 1.29 is 9.18 Å². The van der Waals surface area contributed by atoms with Crippen molar-refractivity contribution in [3.63, 3.8) is 0 Å². The van der Waals surface area contributed by atoms with Gasteiger partial charge in [-0.05, 0) is 24.6 Å². The van der Waals surface area contributed by atoms with Crippen LogP contribution in [0.1, 0.15) is 51.7 Å². The fourth-order valence-corrected chi connectivity index (χ4v) is 4.39. The molecule has 1 aliphatic heterocycles. The first-order valence-electron chi connectivity index (χ1n) is 11.1. The summed E-state index contributed by atoms with van der Waals surface area (Å²) in [7, 11) is 0. The molecular formula is C23H28FN7OS. The van der Waals surface area contributed by atoms with Crippen molar-refractivity contribution in [2.45, 2.75) is 39.8 Å². The molecule has 0 spiro atoms. The SMILES string of the molecule is Cc1cc(N2CCN(Cc3nnc(C(=O)NCc4ccc(F)cc4)s3)CC2)nc(C(C)C)n1. The molecule has 0 atom stereocenters. The third kappa shape index (κ3) is 6.08. The number of hydrogen-bond donors (Lipinski definition) is 1. The van der Waals surface area contributed by atoms with Crippen molar-refractivity contribution in [3.05, 3.63) is 63.2 Å². The zero-order valence-corrected chi connectivity index (χ0v) is 19.9. The first-order chi connectivity index (χ1) is 15.9. The molecule has 10 heteroatoms. The van der Waals surface area contributed by atoms with Gasteiger partial charge in [0.05, 0.1) is 6.54 Å². The highest BCUT2D eigenvalue weighted by atomic mass is 32.1. The van der Waals surface area contributed by atoms with Crippen LogP contribution in [0.2, 0.25) is 0 Å². The van der Waals surface area contributed by atoms with E-state index in [2.05, 4.69) is 44.1 Å². The molecule has 1 aromatic carbocycles. The van der Waals surface area contributed by atoms with E-state index in [0.717, 1.165) is 54.1 Å². The van der Waals surface area contributed by atoms with E-state index >= 15 is 0 Å². The lowest BCUT2D eigenvalue weighted by Crippen LogP contribution is -2.46. The number of amides is 1. The number of halogens is 1. The van der Waals surface area contributed by atoms with E-state index in [1.165, 1.54) is 23.5 Å². The molecule has 0 aliphatic carbocycles. The van der Waals surface area contributed by atoms with Crippen molar-refractivity contribution >= 4 is 23.1 Å². The van der Waals surface area contributed by atoms with Gasteiger partial charge >= 0.3 is 0 Å². The summed E-state index contributed by atoms with van der Waals surface area (Å²) in [5, 5.41) is 12.2. The van der Waals surface area contributed by atoms with Crippen molar-refractivity contribution in [2.24, 2.45) is 0 Å². The molecule has 0 radical (unpaired) electrons. The van der Waals surface area contributed by atoms with E-state index in [1.54, 1.807) is 12.1 Å². The lowest BCUT2D eigenvalue weighted by Gasteiger charge is -2.35. The molecule has 0 bridgehead atoms. The van der Waals surface area contributed by atoms with Gasteiger partial charge < -0.3 is 10.2 Å². The number of benzene rings is 1. The molecule has 174 valence electrons. The Morgan fingerprint density at radius 1 is 1.12 bits per heavy atom. The molecule has 1 fully saturated rings. The Bertz CT molecular complexity index is 1090. The Kier molecular flexibility index (Phi) is 7.24. The number of carbonyl (C=O) groups is 1. The van der Waals surface area contributed by atoms with Crippen molar-refractivity contribution in [2.75, 3.05) is 31.1 Å². The highest BCUT2D eigenvalue weighted by Crippen LogP contribution is 2.20. The molecule has 0 saturated carbocycles. The maximum atomic E-state index is 13.0. The minimum absolute atomic E-state index is 0.270. The summed E-state index contributed by atoms with van der Waals surface area (Å²) < 4.78 is 13.0. The van der Waals surface area contributed by atoms with Crippen LogP contribution in [0.4, 0.5) is 10.2 Å². The van der Waals surface area contributed by atoms with Crippen LogP contribution >= 0.6 is 11.3 Å². The normalized spacial score (nSPS) is 14.6. The minimum Gasteiger partial charge on any atom is -0.354 e. The van der Waals surface area contributed by atoms with Gasteiger partial charge in [-0.3, -0.25) is 9.69 Å². The number of aromatic nitrogens is 4. The molecule has 8 nitrogen and oxygen atoms in total. The molecule has 1 amide bonds. The van der Waals surface area contributed by atoms with Crippen molar-refractivity contribution in [3.8, 4) is 0 Å². The van der Waals surface area contributed by atoms with Crippen LogP contribution in [-0.4, -0.2) is 57.2 Å². The van der Waals surface area contributed by atoms with Crippen LogP contribution in [0.25, 0.3) is 0 Å². The van der Waals surface area contributed by atoms with Crippen LogP contribution in [0.3, 0.4) is 0 Å². The predicted octanol–water partition coefficient (Wildman–Crippen LogP) is 3.15. The Morgan fingerprint density at radius 2 is 1.85 bits per heavy atom. The lowest BCUT2D eigenvalue weighted by atomic mass is 10.2. The molecule has 0 unspecified atom stereocenters. The second-order valence-corrected chi connectivity index (χ2v) is 9.52. The van der Waals surface area contributed by atoms with E-state index in [0.29, 0.717) is 24.0 Å². The van der Waals surface area contributed by atoms with Crippen LogP contribution in [-0.2, 0) is 13.1 Å². The van der Waals surface area contributed by atoms with Crippen LogP contribution < -0.4 is 10.2 Å². The summed E-state index contributed by atoms with van der Waals surface area (Å²) in [5.41, 5.74) is 1.82. The van der Waals surface area contributed by atoms with Gasteiger partial charge in [-0.15, -0.1) is 10.2 Å². The fraction of sp³-hybridized carbons (Fsp3) is 0.435. The zero-order valence-electron chi connectivity index (χ0n) is 19.1. The molecule has 3 heterocycles. The van der Waals surface area contributed by atoms with E-state index in [4.69, 9.17) is 4.98 Å². The number of piperazine rings is 1. The van der Waals surface area contributed by atoms with Gasteiger partial charge in [-0.1, -0.05) is 37.3 Å². The van der Waals surface area contributed by atoms with Crippen LogP contribution in [0.15, 0.2) is 30.3 Å². The smallest absolute Gasteiger partial charge is 0.282 e. The Labute approximate surface area is 196 Å². The Morgan fingerprint density at radius 3 is 2.55 bits per heavy atom. The monoisotopic (exact) mass is 469 g/mol. The second kappa shape index (κ2) is 10.3. The quantitative estimate of drug-likeness (QED) is 0.569. The van der Waals surface area contributed by atoms with Crippen LogP contribution in [0.5, 0.6) is 0 Å². The third-order valence-corrected chi connectivity index (χ3v) is 6.36. The average molecular weight is 470 g/mol. The summed E-state index contributed by atoms with van der Waals surface area (Å²) in [5.74, 6) is 1.60. The number of rotatable bonds is 7. The predicted molar refractivity (Wildman–Crippen MR) is 126 cm³/mol. The van der Waals surface area contributed by atoms with E-state index in [1.807, 2.05) is 13.0 Å². The first kappa shape index (κ1) is 23.2. The number of hydrogen-bond acceptors (Lipinski definition) is 8. The summed E-state index contributed by atoms with van der Waals surface area (Å²) >= 11 is 1.31. The summed E-state index contributed by atoms with van der Waals surface area (Å²) in [4.78, 5) is 26.3. The van der Waals surface area contributed by atoms with Gasteiger partial charge in [0.1, 0.15) is 22.5 Å². The number of nitrogens with one attached hydrogen (secondary N) is 1. The van der Waals surface area contributed by atoms with E-state index < -0.39 is 0 Å². The van der Waals surface area contributed by atoms with Gasteiger partial charge in [0.15, 0.2) is 0 Å². The second-order valence-electron chi connectivity index (χ2n) is 8.45. The summed E-state index contributed by atoms with van der Waals surface area (Å²) in [6.45, 7) is 10.7. The third-order valence-electron chi connectivity index (χ3n) is 5.46. The number of anilines is 1. The highest BCUT2D eigenvalue weighted by molar-refractivity contribution is 7.13. The van der Waals surface area contributed by atoms with Crippen molar-refractivity contribution in [1.29, 1.82) is 0 Å². The largest absolute Gasteiger partial charge is 0.354 e. The fourth-order valence-electron chi connectivity index (χ4n) is 3.59. The standard InChI is InChI=1S/C23H28FN7OS/c1-15(2)21-26-16(3)12-19(27-21)31-10-8-30(9-11-31)14-20-28-29-23(33-20)22(32)25-13-17-4-6-18(24)7-5-17/h4-7,12,15H,8-11,13-14H2,1-3H3,(H,25,32). The Hall–Kier alpha value is -2.98. The zero-order chi connectivity index (χ0) is 23.4. The maximum absolute atomic E-state index is 13.0. The molecular weight excluding hydrogens is 441 g/mol. The van der Waals surface area contributed by atoms with E-state index in [9.17, 15) is 9.18 Å². The first-order valence-corrected chi connectivity index (χ1v) is 11.9. The van der Waals surface area contributed by atoms with Gasteiger partial charge in [0.2, 0.25) is 5.01 Å². The molecule has 33 heavy (non-hydrogen) atoms. The molecule has 3 aromatic rings. The van der Waals surface area contributed by atoms with E-state index in [-0.39, 0.29) is 11.7 Å². The molecule has 1 aliphatic rings. The van der Waals surface area contributed by atoms with Gasteiger partial charge in [-0.25, -0.2) is 14.4 Å². The molecule has 4 rings (SSSR count). The summed E-state index contributed by atoms with van der Waals surface area (Å²) in [6.07, 6.45) is 0. The topological polar surface area (TPSA) is 87.1 Å². The van der Waals surface area contributed by atoms with Crippen molar-refractivity contribution in [1.82, 2.24) is 30.4 Å².